The van der Waals surface area contributed by atoms with Crippen molar-refractivity contribution in [3.63, 3.8) is 0 Å². The number of carbonyl (C=O) groups excluding carboxylic acids is 1. The normalized spacial score (nSPS) is 12.6. The van der Waals surface area contributed by atoms with E-state index in [4.69, 9.17) is 0 Å². The maximum atomic E-state index is 12.5. The van der Waals surface area contributed by atoms with Gasteiger partial charge in [-0.25, -0.2) is 8.42 Å². The van der Waals surface area contributed by atoms with Crippen molar-refractivity contribution in [2.45, 2.75) is 44.0 Å². The summed E-state index contributed by atoms with van der Waals surface area (Å²) in [6.45, 7) is 4.07. The largest absolute Gasteiger partial charge is 0.339 e. The fourth-order valence-electron chi connectivity index (χ4n) is 2.80. The number of nitrogens with zero attached hydrogens (tertiary/aromatic N) is 1. The topological polar surface area (TPSA) is 54.5 Å². The second kappa shape index (κ2) is 8.49. The summed E-state index contributed by atoms with van der Waals surface area (Å²) in [4.78, 5) is 14.5. The first-order valence-electron chi connectivity index (χ1n) is 8.86. The van der Waals surface area contributed by atoms with Crippen LogP contribution in [0, 0.1) is 0 Å². The minimum atomic E-state index is -3.21. The summed E-state index contributed by atoms with van der Waals surface area (Å²) >= 11 is 0. The molecule has 140 valence electrons. The molecule has 4 nitrogen and oxygen atoms in total. The van der Waals surface area contributed by atoms with Crippen molar-refractivity contribution in [2.75, 3.05) is 13.3 Å². The van der Waals surface area contributed by atoms with Gasteiger partial charge in [0, 0.05) is 19.7 Å². The molecule has 0 N–H and O–H groups in total. The van der Waals surface area contributed by atoms with Crippen LogP contribution in [0.15, 0.2) is 53.4 Å². The molecule has 5 heteroatoms. The van der Waals surface area contributed by atoms with Crippen LogP contribution in [0.4, 0.5) is 0 Å². The standard InChI is InChI=1S/C21H27NO3S/c1-5-17-6-8-18(9-7-17)10-15-21(23)22(3)16(2)19-11-13-20(14-12-19)26(4,24)25/h6-9,11-14,16H,5,10,15H2,1-4H3. The Kier molecular flexibility index (Phi) is 6.59. The molecule has 0 heterocycles. The van der Waals surface area contributed by atoms with E-state index in [0.717, 1.165) is 17.5 Å². The van der Waals surface area contributed by atoms with E-state index in [1.807, 2.05) is 6.92 Å². The summed E-state index contributed by atoms with van der Waals surface area (Å²) in [5.74, 6) is 0.0734. The first-order chi connectivity index (χ1) is 12.2. The highest BCUT2D eigenvalue weighted by Gasteiger charge is 2.18. The Labute approximate surface area is 156 Å². The smallest absolute Gasteiger partial charge is 0.223 e. The molecule has 26 heavy (non-hydrogen) atoms. The molecule has 2 aromatic carbocycles. The number of rotatable bonds is 7. The number of aryl methyl sites for hydroxylation is 2. The Morgan fingerprint density at radius 3 is 2.04 bits per heavy atom. The van der Waals surface area contributed by atoms with E-state index >= 15 is 0 Å². The molecule has 0 fully saturated rings. The van der Waals surface area contributed by atoms with Crippen LogP contribution in [-0.4, -0.2) is 32.5 Å². The molecule has 0 aliphatic rings. The lowest BCUT2D eigenvalue weighted by molar-refractivity contribution is -0.131. The van der Waals surface area contributed by atoms with Crippen molar-refractivity contribution in [1.82, 2.24) is 4.90 Å². The minimum absolute atomic E-state index is 0.0734. The van der Waals surface area contributed by atoms with Crippen LogP contribution >= 0.6 is 0 Å². The average molecular weight is 374 g/mol. The van der Waals surface area contributed by atoms with Crippen molar-refractivity contribution in [1.29, 1.82) is 0 Å². The minimum Gasteiger partial charge on any atom is -0.339 e. The Hall–Kier alpha value is -2.14. The summed E-state index contributed by atoms with van der Waals surface area (Å²) in [6, 6.07) is 15.0. The number of benzene rings is 2. The van der Waals surface area contributed by atoms with E-state index in [-0.39, 0.29) is 16.8 Å². The summed E-state index contributed by atoms with van der Waals surface area (Å²) in [6.07, 6.45) is 3.37. The molecule has 0 aromatic heterocycles. The third-order valence-electron chi connectivity index (χ3n) is 4.82. The summed E-state index contributed by atoms with van der Waals surface area (Å²) in [5.41, 5.74) is 3.37. The van der Waals surface area contributed by atoms with Crippen LogP contribution in [-0.2, 0) is 27.5 Å². The van der Waals surface area contributed by atoms with Gasteiger partial charge in [0.25, 0.3) is 0 Å². The Bertz CT molecular complexity index is 840. The molecule has 1 amide bonds. The van der Waals surface area contributed by atoms with E-state index in [1.54, 1.807) is 36.2 Å². The highest BCUT2D eigenvalue weighted by Crippen LogP contribution is 2.22. The Morgan fingerprint density at radius 2 is 1.54 bits per heavy atom. The van der Waals surface area contributed by atoms with Crippen molar-refractivity contribution in [3.8, 4) is 0 Å². The molecule has 2 aromatic rings. The van der Waals surface area contributed by atoms with Gasteiger partial charge in [0.15, 0.2) is 9.84 Å². The maximum Gasteiger partial charge on any atom is 0.223 e. The molecular formula is C21H27NO3S. The second-order valence-corrected chi connectivity index (χ2v) is 8.71. The third kappa shape index (κ3) is 5.18. The molecule has 0 radical (unpaired) electrons. The maximum absolute atomic E-state index is 12.5. The number of hydrogen-bond donors (Lipinski definition) is 0. The van der Waals surface area contributed by atoms with Crippen LogP contribution in [0.1, 0.15) is 43.0 Å². The van der Waals surface area contributed by atoms with Gasteiger partial charge in [-0.3, -0.25) is 4.79 Å². The highest BCUT2D eigenvalue weighted by atomic mass is 32.2. The highest BCUT2D eigenvalue weighted by molar-refractivity contribution is 7.90. The van der Waals surface area contributed by atoms with E-state index in [1.165, 1.54) is 11.8 Å². The summed E-state index contributed by atoms with van der Waals surface area (Å²) in [7, 11) is -1.42. The lowest BCUT2D eigenvalue weighted by Crippen LogP contribution is -2.29. The van der Waals surface area contributed by atoms with Gasteiger partial charge in [0.05, 0.1) is 10.9 Å². The van der Waals surface area contributed by atoms with E-state index in [0.29, 0.717) is 12.8 Å². The number of amides is 1. The number of hydrogen-bond acceptors (Lipinski definition) is 3. The number of sulfone groups is 1. The molecule has 0 aliphatic heterocycles. The van der Waals surface area contributed by atoms with Gasteiger partial charge in [0.2, 0.25) is 5.91 Å². The molecule has 0 bridgehead atoms. The third-order valence-corrected chi connectivity index (χ3v) is 5.95. The van der Waals surface area contributed by atoms with Gasteiger partial charge in [-0.1, -0.05) is 43.3 Å². The molecule has 0 saturated carbocycles. The molecule has 2 rings (SSSR count). The predicted octanol–water partition coefficient (Wildman–Crippen LogP) is 3.80. The molecular weight excluding hydrogens is 346 g/mol. The van der Waals surface area contributed by atoms with Crippen LogP contribution in [0.5, 0.6) is 0 Å². The summed E-state index contributed by atoms with van der Waals surface area (Å²) in [5, 5.41) is 0. The SMILES string of the molecule is CCc1ccc(CCC(=O)N(C)C(C)c2ccc(S(C)(=O)=O)cc2)cc1. The van der Waals surface area contributed by atoms with Gasteiger partial charge in [-0.2, -0.15) is 0 Å². The first kappa shape index (κ1) is 20.2. The van der Waals surface area contributed by atoms with Gasteiger partial charge in [0.1, 0.15) is 0 Å². The molecule has 0 spiro atoms. The zero-order valence-corrected chi connectivity index (χ0v) is 16.7. The average Bonchev–Trinajstić information content (AvgIpc) is 2.64. The lowest BCUT2D eigenvalue weighted by Gasteiger charge is -2.25. The van der Waals surface area contributed by atoms with E-state index in [9.17, 15) is 13.2 Å². The van der Waals surface area contributed by atoms with E-state index < -0.39 is 9.84 Å². The van der Waals surface area contributed by atoms with Crippen LogP contribution in [0.3, 0.4) is 0 Å². The molecule has 1 unspecified atom stereocenters. The van der Waals surface area contributed by atoms with Gasteiger partial charge >= 0.3 is 0 Å². The quantitative estimate of drug-likeness (QED) is 0.742. The van der Waals surface area contributed by atoms with Gasteiger partial charge < -0.3 is 4.90 Å². The van der Waals surface area contributed by atoms with Crippen molar-refractivity contribution in [3.05, 3.63) is 65.2 Å². The molecule has 0 aliphatic carbocycles. The molecule has 0 saturated heterocycles. The Morgan fingerprint density at radius 1 is 1.00 bits per heavy atom. The van der Waals surface area contributed by atoms with E-state index in [2.05, 4.69) is 31.2 Å². The zero-order chi connectivity index (χ0) is 19.3. The van der Waals surface area contributed by atoms with Crippen molar-refractivity contribution in [2.24, 2.45) is 0 Å². The van der Waals surface area contributed by atoms with Gasteiger partial charge in [-0.15, -0.1) is 0 Å². The van der Waals surface area contributed by atoms with Gasteiger partial charge in [-0.05, 0) is 48.6 Å². The predicted molar refractivity (Wildman–Crippen MR) is 105 cm³/mol. The van der Waals surface area contributed by atoms with Crippen LogP contribution in [0.2, 0.25) is 0 Å². The summed E-state index contributed by atoms with van der Waals surface area (Å²) < 4.78 is 23.1. The second-order valence-electron chi connectivity index (χ2n) is 6.69. The van der Waals surface area contributed by atoms with Crippen molar-refractivity contribution >= 4 is 15.7 Å². The Balaban J connectivity index is 1.97. The fraction of sp³-hybridized carbons (Fsp3) is 0.381. The number of carbonyl (C=O) groups is 1. The first-order valence-corrected chi connectivity index (χ1v) is 10.7. The lowest BCUT2D eigenvalue weighted by atomic mass is 10.0. The van der Waals surface area contributed by atoms with Crippen LogP contribution in [0.25, 0.3) is 0 Å². The fourth-order valence-corrected chi connectivity index (χ4v) is 3.43. The van der Waals surface area contributed by atoms with Crippen LogP contribution < -0.4 is 0 Å². The zero-order valence-electron chi connectivity index (χ0n) is 15.9. The monoisotopic (exact) mass is 373 g/mol. The molecule has 1 atom stereocenters. The van der Waals surface area contributed by atoms with Crippen molar-refractivity contribution < 1.29 is 13.2 Å².